The molecule has 0 saturated carbocycles. The minimum absolute atomic E-state index is 0.284. The molecule has 0 spiro atoms. The number of halogens is 1. The molecule has 1 atom stereocenters. The highest BCUT2D eigenvalue weighted by Crippen LogP contribution is 2.40. The zero-order chi connectivity index (χ0) is 11.2. The van der Waals surface area contributed by atoms with Crippen LogP contribution in [0.4, 0.5) is 4.39 Å². The average molecular weight is 238 g/mol. The van der Waals surface area contributed by atoms with Crippen molar-refractivity contribution in [3.8, 4) is 0 Å². The van der Waals surface area contributed by atoms with E-state index in [-0.39, 0.29) is 5.82 Å². The normalized spacial score (nSPS) is 28.1. The van der Waals surface area contributed by atoms with Crippen molar-refractivity contribution in [2.75, 3.05) is 18.8 Å². The molecule has 84 valence electrons. The molecule has 1 aromatic rings. The number of thioether (sulfide) groups is 1. The third-order valence-corrected chi connectivity index (χ3v) is 4.11. The van der Waals surface area contributed by atoms with Gasteiger partial charge in [-0.2, -0.15) is 0 Å². The molecule has 3 rings (SSSR count). The lowest BCUT2D eigenvalue weighted by atomic mass is 10.0. The van der Waals surface area contributed by atoms with E-state index in [1.54, 1.807) is 23.9 Å². The van der Waals surface area contributed by atoms with Gasteiger partial charge in [0.15, 0.2) is 10.9 Å². The number of fused-ring (bicyclic) bond motifs is 1. The maximum Gasteiger partial charge on any atom is 0.175 e. The number of aliphatic hydroxyl groups is 1. The first-order chi connectivity index (χ1) is 7.70. The summed E-state index contributed by atoms with van der Waals surface area (Å²) in [5.41, 5.74) is -0.290. The van der Waals surface area contributed by atoms with Gasteiger partial charge in [0, 0.05) is 12.1 Å². The van der Waals surface area contributed by atoms with Gasteiger partial charge >= 0.3 is 0 Å². The van der Waals surface area contributed by atoms with Crippen LogP contribution in [0.2, 0.25) is 0 Å². The van der Waals surface area contributed by atoms with E-state index in [1.807, 2.05) is 4.90 Å². The molecule has 0 bridgehead atoms. The van der Waals surface area contributed by atoms with Crippen molar-refractivity contribution in [1.29, 1.82) is 0 Å². The van der Waals surface area contributed by atoms with Gasteiger partial charge in [-0.05, 0) is 12.1 Å². The first kappa shape index (κ1) is 10.1. The highest BCUT2D eigenvalue weighted by molar-refractivity contribution is 8.14. The highest BCUT2D eigenvalue weighted by atomic mass is 32.2. The van der Waals surface area contributed by atoms with E-state index in [4.69, 9.17) is 0 Å². The van der Waals surface area contributed by atoms with E-state index in [2.05, 4.69) is 4.99 Å². The fourth-order valence-electron chi connectivity index (χ4n) is 2.09. The van der Waals surface area contributed by atoms with Crippen LogP contribution in [0.15, 0.2) is 29.3 Å². The molecule has 3 nitrogen and oxygen atoms in total. The second kappa shape index (κ2) is 3.46. The number of benzene rings is 1. The second-order valence-corrected chi connectivity index (χ2v) is 4.87. The lowest BCUT2D eigenvalue weighted by Gasteiger charge is -2.31. The SMILES string of the molecule is O[C@]1(c2ccc(F)cc2)CSC2=NCCN21. The summed E-state index contributed by atoms with van der Waals surface area (Å²) in [6.45, 7) is 1.46. The van der Waals surface area contributed by atoms with Crippen molar-refractivity contribution in [3.05, 3.63) is 35.6 Å². The third-order valence-electron chi connectivity index (χ3n) is 2.96. The Bertz CT molecular complexity index is 448. The molecule has 2 aliphatic heterocycles. The van der Waals surface area contributed by atoms with Gasteiger partial charge in [0.25, 0.3) is 0 Å². The molecule has 1 saturated heterocycles. The fraction of sp³-hybridized carbons (Fsp3) is 0.364. The smallest absolute Gasteiger partial charge is 0.175 e. The molecular formula is C11H11FN2OS. The highest BCUT2D eigenvalue weighted by Gasteiger charge is 2.46. The van der Waals surface area contributed by atoms with Gasteiger partial charge in [0.2, 0.25) is 0 Å². The van der Waals surface area contributed by atoms with Crippen LogP contribution in [0.3, 0.4) is 0 Å². The van der Waals surface area contributed by atoms with E-state index < -0.39 is 5.72 Å². The molecule has 1 fully saturated rings. The number of amidine groups is 1. The van der Waals surface area contributed by atoms with Gasteiger partial charge < -0.3 is 10.0 Å². The number of rotatable bonds is 1. The molecule has 5 heteroatoms. The average Bonchev–Trinajstić information content (AvgIpc) is 2.85. The minimum atomic E-state index is -1.02. The minimum Gasteiger partial charge on any atom is -0.366 e. The third kappa shape index (κ3) is 1.35. The molecule has 0 aliphatic carbocycles. The van der Waals surface area contributed by atoms with E-state index >= 15 is 0 Å². The van der Waals surface area contributed by atoms with Gasteiger partial charge in [-0.1, -0.05) is 23.9 Å². The quantitative estimate of drug-likeness (QED) is 0.803. The summed E-state index contributed by atoms with van der Waals surface area (Å²) in [5.74, 6) is 0.269. The predicted octanol–water partition coefficient (Wildman–Crippen LogP) is 1.39. The first-order valence-electron chi connectivity index (χ1n) is 5.13. The zero-order valence-electron chi connectivity index (χ0n) is 8.56. The van der Waals surface area contributed by atoms with E-state index in [9.17, 15) is 9.50 Å². The Morgan fingerprint density at radius 1 is 1.38 bits per heavy atom. The Morgan fingerprint density at radius 3 is 2.88 bits per heavy atom. The molecule has 0 unspecified atom stereocenters. The molecule has 1 N–H and O–H groups in total. The van der Waals surface area contributed by atoms with Crippen LogP contribution in [0.25, 0.3) is 0 Å². The van der Waals surface area contributed by atoms with Crippen molar-refractivity contribution in [3.63, 3.8) is 0 Å². The Hall–Kier alpha value is -1.07. The van der Waals surface area contributed by atoms with Gasteiger partial charge in [0.1, 0.15) is 5.82 Å². The van der Waals surface area contributed by atoms with E-state index in [0.29, 0.717) is 5.75 Å². The standard InChI is InChI=1S/C11H11FN2OS/c12-9-3-1-8(2-4-9)11(15)7-16-10-13-5-6-14(10)11/h1-4,15H,5-7H2/t11-/m0/s1. The molecular weight excluding hydrogens is 227 g/mol. The maximum absolute atomic E-state index is 12.8. The predicted molar refractivity (Wildman–Crippen MR) is 61.8 cm³/mol. The summed E-state index contributed by atoms with van der Waals surface area (Å²) in [7, 11) is 0. The Kier molecular flexibility index (Phi) is 2.19. The van der Waals surface area contributed by atoms with Gasteiger partial charge in [-0.25, -0.2) is 4.39 Å². The van der Waals surface area contributed by atoms with E-state index in [1.165, 1.54) is 12.1 Å². The number of hydrogen-bond donors (Lipinski definition) is 1. The Morgan fingerprint density at radius 2 is 2.12 bits per heavy atom. The van der Waals surface area contributed by atoms with Crippen LogP contribution in [0.1, 0.15) is 5.56 Å². The molecule has 16 heavy (non-hydrogen) atoms. The monoisotopic (exact) mass is 238 g/mol. The van der Waals surface area contributed by atoms with Crippen LogP contribution >= 0.6 is 11.8 Å². The van der Waals surface area contributed by atoms with Crippen LogP contribution in [-0.4, -0.2) is 34.0 Å². The molecule has 2 aliphatic rings. The van der Waals surface area contributed by atoms with Crippen LogP contribution in [0, 0.1) is 5.82 Å². The maximum atomic E-state index is 12.8. The van der Waals surface area contributed by atoms with Crippen molar-refractivity contribution >= 4 is 16.9 Å². The zero-order valence-corrected chi connectivity index (χ0v) is 9.38. The van der Waals surface area contributed by atoms with Gasteiger partial charge in [-0.3, -0.25) is 4.99 Å². The lowest BCUT2D eigenvalue weighted by Crippen LogP contribution is -2.43. The van der Waals surface area contributed by atoms with Crippen molar-refractivity contribution in [1.82, 2.24) is 4.90 Å². The summed E-state index contributed by atoms with van der Waals surface area (Å²) in [5, 5.41) is 11.5. The van der Waals surface area contributed by atoms with Gasteiger partial charge in [0.05, 0.1) is 12.3 Å². The Balaban J connectivity index is 1.99. The number of aliphatic imine (C=N–C) groups is 1. The van der Waals surface area contributed by atoms with Crippen molar-refractivity contribution in [2.45, 2.75) is 5.72 Å². The summed E-state index contributed by atoms with van der Waals surface area (Å²) in [6.07, 6.45) is 0. The van der Waals surface area contributed by atoms with Gasteiger partial charge in [-0.15, -0.1) is 0 Å². The van der Waals surface area contributed by atoms with E-state index in [0.717, 1.165) is 23.8 Å². The molecule has 0 radical (unpaired) electrons. The van der Waals surface area contributed by atoms with Crippen molar-refractivity contribution < 1.29 is 9.50 Å². The summed E-state index contributed by atoms with van der Waals surface area (Å²) >= 11 is 1.55. The first-order valence-corrected chi connectivity index (χ1v) is 6.12. The van der Waals surface area contributed by atoms with Crippen LogP contribution in [-0.2, 0) is 5.72 Å². The topological polar surface area (TPSA) is 35.8 Å². The van der Waals surface area contributed by atoms with Crippen LogP contribution < -0.4 is 0 Å². The Labute approximate surface area is 97.0 Å². The molecule has 0 amide bonds. The summed E-state index contributed by atoms with van der Waals surface area (Å²) in [6, 6.07) is 6.03. The number of hydrogen-bond acceptors (Lipinski definition) is 4. The molecule has 1 aromatic carbocycles. The molecule has 2 heterocycles. The van der Waals surface area contributed by atoms with Crippen molar-refractivity contribution in [2.24, 2.45) is 4.99 Å². The largest absolute Gasteiger partial charge is 0.366 e. The summed E-state index contributed by atoms with van der Waals surface area (Å²) in [4.78, 5) is 6.20. The number of nitrogens with zero attached hydrogens (tertiary/aromatic N) is 2. The summed E-state index contributed by atoms with van der Waals surface area (Å²) < 4.78 is 12.8. The van der Waals surface area contributed by atoms with Crippen LogP contribution in [0.5, 0.6) is 0 Å². The molecule has 0 aromatic heterocycles. The second-order valence-electron chi connectivity index (χ2n) is 3.93. The fourth-order valence-corrected chi connectivity index (χ4v) is 3.33. The lowest BCUT2D eigenvalue weighted by molar-refractivity contribution is -0.0426.